The van der Waals surface area contributed by atoms with Gasteiger partial charge in [0.25, 0.3) is 5.56 Å². The smallest absolute Gasteiger partial charge is 0.251 e. The predicted molar refractivity (Wildman–Crippen MR) is 112 cm³/mol. The predicted octanol–water partition coefficient (Wildman–Crippen LogP) is 3.49. The van der Waals surface area contributed by atoms with Crippen LogP contribution in [0, 0.1) is 5.82 Å². The number of amides is 1. The van der Waals surface area contributed by atoms with Crippen molar-refractivity contribution >= 4 is 17.7 Å². The second kappa shape index (κ2) is 10.6. The van der Waals surface area contributed by atoms with Gasteiger partial charge in [-0.3, -0.25) is 9.59 Å². The summed E-state index contributed by atoms with van der Waals surface area (Å²) in [5, 5.41) is 3.23. The summed E-state index contributed by atoms with van der Waals surface area (Å²) < 4.78 is 13.7. The zero-order valence-electron chi connectivity index (χ0n) is 15.9. The number of aryl methyl sites for hydroxylation is 1. The first-order valence-corrected chi connectivity index (χ1v) is 10.4. The average Bonchev–Trinajstić information content (AvgIpc) is 2.71. The van der Waals surface area contributed by atoms with E-state index in [1.165, 1.54) is 29.5 Å². The number of nitrogens with one attached hydrogen (secondary N) is 2. The molecule has 0 radical (unpaired) electrons. The maximum atomic E-state index is 13.7. The molecule has 2 aromatic carbocycles. The fourth-order valence-electron chi connectivity index (χ4n) is 2.80. The summed E-state index contributed by atoms with van der Waals surface area (Å²) in [5.41, 5.74) is 1.82. The van der Waals surface area contributed by atoms with E-state index in [0.717, 1.165) is 12.8 Å². The van der Waals surface area contributed by atoms with Crippen LogP contribution in [0.25, 0.3) is 0 Å². The van der Waals surface area contributed by atoms with E-state index in [4.69, 9.17) is 0 Å². The molecule has 0 saturated heterocycles. The van der Waals surface area contributed by atoms with Crippen LogP contribution >= 0.6 is 11.8 Å². The minimum atomic E-state index is -0.331. The zero-order chi connectivity index (χ0) is 20.5. The molecule has 150 valence electrons. The Morgan fingerprint density at radius 3 is 2.66 bits per heavy atom. The third-order valence-electron chi connectivity index (χ3n) is 4.24. The maximum Gasteiger partial charge on any atom is 0.251 e. The summed E-state index contributed by atoms with van der Waals surface area (Å²) in [6.07, 6.45) is 1.76. The molecule has 1 heterocycles. The molecule has 0 spiro atoms. The van der Waals surface area contributed by atoms with Crippen LogP contribution in [0.5, 0.6) is 0 Å². The average molecular weight is 412 g/mol. The summed E-state index contributed by atoms with van der Waals surface area (Å²) in [7, 11) is 0. The summed E-state index contributed by atoms with van der Waals surface area (Å²) in [4.78, 5) is 31.0. The molecule has 0 saturated carbocycles. The van der Waals surface area contributed by atoms with Gasteiger partial charge < -0.3 is 10.3 Å². The van der Waals surface area contributed by atoms with Crippen LogP contribution in [0.4, 0.5) is 4.39 Å². The molecule has 0 aliphatic heterocycles. The highest BCUT2D eigenvalue weighted by atomic mass is 32.2. The number of carbonyl (C=O) groups excluding carboxylic acids is 1. The van der Waals surface area contributed by atoms with E-state index >= 15 is 0 Å². The van der Waals surface area contributed by atoms with Crippen LogP contribution in [0.15, 0.2) is 70.6 Å². The lowest BCUT2D eigenvalue weighted by Crippen LogP contribution is -2.27. The van der Waals surface area contributed by atoms with Gasteiger partial charge in [-0.25, -0.2) is 9.37 Å². The topological polar surface area (TPSA) is 74.8 Å². The number of thioether (sulfide) groups is 1. The molecule has 0 bridgehead atoms. The summed E-state index contributed by atoms with van der Waals surface area (Å²) in [6.45, 7) is 0.561. The molecule has 29 heavy (non-hydrogen) atoms. The monoisotopic (exact) mass is 411 g/mol. The number of hydrogen-bond donors (Lipinski definition) is 2. The molecule has 0 fully saturated rings. The third-order valence-corrected chi connectivity index (χ3v) is 5.17. The molecular weight excluding hydrogens is 389 g/mol. The van der Waals surface area contributed by atoms with Crippen molar-refractivity contribution < 1.29 is 9.18 Å². The largest absolute Gasteiger partial charge is 0.356 e. The lowest BCUT2D eigenvalue weighted by molar-refractivity contribution is -0.120. The van der Waals surface area contributed by atoms with Gasteiger partial charge in [0.2, 0.25) is 5.91 Å². The molecule has 0 unspecified atom stereocenters. The normalized spacial score (nSPS) is 10.7. The van der Waals surface area contributed by atoms with Crippen molar-refractivity contribution in [3.05, 3.63) is 93.7 Å². The molecule has 0 aliphatic rings. The third kappa shape index (κ3) is 6.87. The number of H-pyrrole nitrogens is 1. The van der Waals surface area contributed by atoms with E-state index in [9.17, 15) is 14.0 Å². The first-order valence-electron chi connectivity index (χ1n) is 9.37. The Morgan fingerprint density at radius 2 is 1.86 bits per heavy atom. The van der Waals surface area contributed by atoms with Crippen molar-refractivity contribution in [2.45, 2.75) is 30.2 Å². The van der Waals surface area contributed by atoms with E-state index < -0.39 is 0 Å². The highest BCUT2D eigenvalue weighted by Crippen LogP contribution is 2.20. The van der Waals surface area contributed by atoms with Crippen LogP contribution in [-0.2, 0) is 23.4 Å². The van der Waals surface area contributed by atoms with E-state index in [0.29, 0.717) is 28.7 Å². The zero-order valence-corrected chi connectivity index (χ0v) is 16.7. The number of halogens is 1. The Balaban J connectivity index is 1.49. The molecular formula is C22H22FN3O2S. The molecule has 3 rings (SSSR count). The second-order valence-corrected chi connectivity index (χ2v) is 7.50. The SMILES string of the molecule is O=C(Cc1cc(=O)[nH]c(SCc2ccccc2F)n1)NCCCc1ccccc1. The molecule has 3 aromatic rings. The van der Waals surface area contributed by atoms with Crippen molar-refractivity contribution in [3.63, 3.8) is 0 Å². The number of benzene rings is 2. The first kappa shape index (κ1) is 20.8. The van der Waals surface area contributed by atoms with Crippen LogP contribution in [0.2, 0.25) is 0 Å². The number of aromatic nitrogens is 2. The van der Waals surface area contributed by atoms with Crippen molar-refractivity contribution in [2.75, 3.05) is 6.54 Å². The van der Waals surface area contributed by atoms with E-state index in [1.54, 1.807) is 18.2 Å². The molecule has 1 amide bonds. The summed E-state index contributed by atoms with van der Waals surface area (Å²) >= 11 is 1.22. The van der Waals surface area contributed by atoms with Gasteiger partial charge in [0.15, 0.2) is 5.16 Å². The van der Waals surface area contributed by atoms with Gasteiger partial charge in [-0.15, -0.1) is 0 Å². The van der Waals surface area contributed by atoms with E-state index in [2.05, 4.69) is 27.4 Å². The number of carbonyl (C=O) groups is 1. The van der Waals surface area contributed by atoms with Gasteiger partial charge in [0.05, 0.1) is 12.1 Å². The van der Waals surface area contributed by atoms with Crippen molar-refractivity contribution in [2.24, 2.45) is 0 Å². The molecule has 5 nitrogen and oxygen atoms in total. The quantitative estimate of drug-likeness (QED) is 0.321. The Labute approximate surface area is 172 Å². The van der Waals surface area contributed by atoms with Crippen LogP contribution in [0.3, 0.4) is 0 Å². The minimum absolute atomic E-state index is 0.0303. The Kier molecular flexibility index (Phi) is 7.58. The van der Waals surface area contributed by atoms with Gasteiger partial charge in [0.1, 0.15) is 5.82 Å². The van der Waals surface area contributed by atoms with E-state index in [1.807, 2.05) is 18.2 Å². The summed E-state index contributed by atoms with van der Waals surface area (Å²) in [5.74, 6) is -0.139. The fourth-order valence-corrected chi connectivity index (χ4v) is 3.68. The van der Waals surface area contributed by atoms with Gasteiger partial charge in [-0.2, -0.15) is 0 Å². The number of hydrogen-bond acceptors (Lipinski definition) is 4. The van der Waals surface area contributed by atoms with Gasteiger partial charge >= 0.3 is 0 Å². The standard InChI is InChI=1S/C22H22FN3O2S/c23-19-11-5-4-10-17(19)15-29-22-25-18(14-21(28)26-22)13-20(27)24-12-6-9-16-7-2-1-3-8-16/h1-5,7-8,10-11,14H,6,9,12-13,15H2,(H,24,27)(H,25,26,28). The van der Waals surface area contributed by atoms with Crippen molar-refractivity contribution in [1.29, 1.82) is 0 Å². The Morgan fingerprint density at radius 1 is 1.10 bits per heavy atom. The fraction of sp³-hybridized carbons (Fsp3) is 0.227. The molecule has 0 aliphatic carbocycles. The molecule has 2 N–H and O–H groups in total. The van der Waals surface area contributed by atoms with Crippen LogP contribution in [-0.4, -0.2) is 22.4 Å². The minimum Gasteiger partial charge on any atom is -0.356 e. The second-order valence-electron chi connectivity index (χ2n) is 6.54. The lowest BCUT2D eigenvalue weighted by Gasteiger charge is -2.07. The number of rotatable bonds is 9. The van der Waals surface area contributed by atoms with Gasteiger partial charge in [0, 0.05) is 18.4 Å². The Bertz CT molecular complexity index is 1010. The van der Waals surface area contributed by atoms with Crippen LogP contribution in [0.1, 0.15) is 23.2 Å². The van der Waals surface area contributed by atoms with E-state index in [-0.39, 0.29) is 23.7 Å². The van der Waals surface area contributed by atoms with Gasteiger partial charge in [-0.1, -0.05) is 60.3 Å². The van der Waals surface area contributed by atoms with Crippen molar-refractivity contribution in [1.82, 2.24) is 15.3 Å². The highest BCUT2D eigenvalue weighted by molar-refractivity contribution is 7.98. The first-order chi connectivity index (χ1) is 14.1. The van der Waals surface area contributed by atoms with Gasteiger partial charge in [-0.05, 0) is 30.0 Å². The molecule has 7 heteroatoms. The summed E-state index contributed by atoms with van der Waals surface area (Å²) in [6, 6.07) is 17.9. The lowest BCUT2D eigenvalue weighted by atomic mass is 10.1. The van der Waals surface area contributed by atoms with Crippen molar-refractivity contribution in [3.8, 4) is 0 Å². The van der Waals surface area contributed by atoms with Crippen LogP contribution < -0.4 is 10.9 Å². The number of nitrogens with zero attached hydrogens (tertiary/aromatic N) is 1. The number of aromatic amines is 1. The molecule has 0 atom stereocenters. The molecule has 1 aromatic heterocycles. The highest BCUT2D eigenvalue weighted by Gasteiger charge is 2.09. The Hall–Kier alpha value is -2.93. The maximum absolute atomic E-state index is 13.7.